The van der Waals surface area contributed by atoms with E-state index in [1.54, 1.807) is 0 Å². The summed E-state index contributed by atoms with van der Waals surface area (Å²) in [6.07, 6.45) is 3.38. The number of fused-ring (bicyclic) bond motifs is 1. The number of hydrogen-bond donors (Lipinski definition) is 2. The molecule has 2 N–H and O–H groups in total. The zero-order valence-electron chi connectivity index (χ0n) is 14.7. The lowest BCUT2D eigenvalue weighted by Gasteiger charge is -2.26. The number of amides is 2. The van der Waals surface area contributed by atoms with E-state index in [0.29, 0.717) is 6.42 Å². The van der Waals surface area contributed by atoms with Crippen LogP contribution in [0.4, 0.5) is 11.4 Å². The Morgan fingerprint density at radius 3 is 2.58 bits per heavy atom. The maximum absolute atomic E-state index is 13.1. The lowest BCUT2D eigenvalue weighted by Crippen LogP contribution is -2.36. The van der Waals surface area contributed by atoms with Gasteiger partial charge in [0.15, 0.2) is 0 Å². The molecule has 2 heterocycles. The highest BCUT2D eigenvalue weighted by molar-refractivity contribution is 5.94. The van der Waals surface area contributed by atoms with Gasteiger partial charge in [0, 0.05) is 30.9 Å². The van der Waals surface area contributed by atoms with Gasteiger partial charge >= 0.3 is 0 Å². The van der Waals surface area contributed by atoms with Gasteiger partial charge in [-0.15, -0.1) is 0 Å². The predicted molar refractivity (Wildman–Crippen MR) is 102 cm³/mol. The van der Waals surface area contributed by atoms with Gasteiger partial charge in [-0.1, -0.05) is 30.3 Å². The number of carbonyl (C=O) groups is 2. The molecule has 2 aliphatic heterocycles. The molecular formula is C21H23N3O2. The molecule has 1 saturated heterocycles. The second-order valence-electron chi connectivity index (χ2n) is 6.94. The third-order valence-electron chi connectivity index (χ3n) is 5.11. The molecule has 0 aliphatic carbocycles. The molecule has 0 spiro atoms. The Bertz CT molecular complexity index is 813. The van der Waals surface area contributed by atoms with Crippen molar-refractivity contribution in [3.63, 3.8) is 0 Å². The third kappa shape index (κ3) is 3.43. The average Bonchev–Trinajstić information content (AvgIpc) is 3.21. The zero-order chi connectivity index (χ0) is 17.9. The minimum Gasteiger partial charge on any atom is -0.370 e. The largest absolute Gasteiger partial charge is 0.370 e. The highest BCUT2D eigenvalue weighted by Crippen LogP contribution is 2.29. The van der Waals surface area contributed by atoms with E-state index in [1.807, 2.05) is 53.4 Å². The van der Waals surface area contributed by atoms with Gasteiger partial charge in [0.2, 0.25) is 11.8 Å². The first kappa shape index (κ1) is 16.6. The fraction of sp³-hybridized carbons (Fsp3) is 0.333. The number of carbonyl (C=O) groups excluding carboxylic acids is 2. The molecule has 2 aromatic rings. The molecule has 26 heavy (non-hydrogen) atoms. The maximum Gasteiger partial charge on any atom is 0.249 e. The number of likely N-dealkylation sites (tertiary alicyclic amines) is 1. The van der Waals surface area contributed by atoms with E-state index in [1.165, 1.54) is 0 Å². The van der Waals surface area contributed by atoms with Gasteiger partial charge in [-0.2, -0.15) is 0 Å². The topological polar surface area (TPSA) is 61.4 Å². The van der Waals surface area contributed by atoms with Crippen LogP contribution in [0.15, 0.2) is 48.5 Å². The van der Waals surface area contributed by atoms with Crippen LogP contribution in [0.5, 0.6) is 0 Å². The van der Waals surface area contributed by atoms with Crippen LogP contribution < -0.4 is 10.6 Å². The van der Waals surface area contributed by atoms with Crippen molar-refractivity contribution in [1.29, 1.82) is 0 Å². The third-order valence-corrected chi connectivity index (χ3v) is 5.11. The molecule has 2 amide bonds. The molecule has 2 aromatic carbocycles. The van der Waals surface area contributed by atoms with Gasteiger partial charge in [-0.25, -0.2) is 0 Å². The molecule has 5 heteroatoms. The SMILES string of the molecule is O=C1CCc2cc(N[C@H](C(=O)N3CCCC3)c3ccccc3)ccc2N1. The Labute approximate surface area is 153 Å². The maximum atomic E-state index is 13.1. The van der Waals surface area contributed by atoms with Crippen molar-refractivity contribution in [2.24, 2.45) is 0 Å². The van der Waals surface area contributed by atoms with E-state index in [-0.39, 0.29) is 11.8 Å². The Morgan fingerprint density at radius 1 is 1.04 bits per heavy atom. The van der Waals surface area contributed by atoms with Crippen LogP contribution in [0.2, 0.25) is 0 Å². The molecule has 0 radical (unpaired) electrons. The van der Waals surface area contributed by atoms with Crippen molar-refractivity contribution in [3.05, 3.63) is 59.7 Å². The first-order valence-electron chi connectivity index (χ1n) is 9.24. The summed E-state index contributed by atoms with van der Waals surface area (Å²) >= 11 is 0. The normalized spacial score (nSPS) is 17.4. The summed E-state index contributed by atoms with van der Waals surface area (Å²) in [4.78, 5) is 26.6. The summed E-state index contributed by atoms with van der Waals surface area (Å²) in [6.45, 7) is 1.67. The number of rotatable bonds is 4. The van der Waals surface area contributed by atoms with E-state index < -0.39 is 6.04 Å². The van der Waals surface area contributed by atoms with Crippen molar-refractivity contribution >= 4 is 23.2 Å². The molecule has 5 nitrogen and oxygen atoms in total. The Morgan fingerprint density at radius 2 is 1.81 bits per heavy atom. The Kier molecular flexibility index (Phi) is 4.61. The summed E-state index contributed by atoms with van der Waals surface area (Å²) in [6, 6.07) is 15.4. The summed E-state index contributed by atoms with van der Waals surface area (Å²) in [5, 5.41) is 6.33. The second kappa shape index (κ2) is 7.20. The molecule has 1 fully saturated rings. The van der Waals surface area contributed by atoms with Gasteiger partial charge in [0.25, 0.3) is 0 Å². The van der Waals surface area contributed by atoms with Crippen molar-refractivity contribution in [1.82, 2.24) is 4.90 Å². The van der Waals surface area contributed by atoms with Crippen LogP contribution in [0.1, 0.15) is 36.4 Å². The molecule has 134 valence electrons. The number of nitrogens with zero attached hydrogens (tertiary/aromatic N) is 1. The van der Waals surface area contributed by atoms with E-state index in [2.05, 4.69) is 10.6 Å². The van der Waals surface area contributed by atoms with Crippen LogP contribution in [0, 0.1) is 0 Å². The Hall–Kier alpha value is -2.82. The van der Waals surface area contributed by atoms with Gasteiger partial charge in [-0.05, 0) is 48.6 Å². The molecule has 0 unspecified atom stereocenters. The predicted octanol–water partition coefficient (Wildman–Crippen LogP) is 3.35. The summed E-state index contributed by atoms with van der Waals surface area (Å²) in [7, 11) is 0. The molecule has 0 saturated carbocycles. The van der Waals surface area contributed by atoms with Gasteiger partial charge in [-0.3, -0.25) is 9.59 Å². The van der Waals surface area contributed by atoms with Crippen molar-refractivity contribution < 1.29 is 9.59 Å². The highest BCUT2D eigenvalue weighted by Gasteiger charge is 2.28. The minimum atomic E-state index is -0.398. The van der Waals surface area contributed by atoms with Crippen LogP contribution in [-0.4, -0.2) is 29.8 Å². The van der Waals surface area contributed by atoms with Crippen LogP contribution in [0.3, 0.4) is 0 Å². The lowest BCUT2D eigenvalue weighted by molar-refractivity contribution is -0.131. The second-order valence-corrected chi connectivity index (χ2v) is 6.94. The van der Waals surface area contributed by atoms with Crippen molar-refractivity contribution in [3.8, 4) is 0 Å². The first-order chi connectivity index (χ1) is 12.7. The Balaban J connectivity index is 1.60. The minimum absolute atomic E-state index is 0.0598. The molecule has 0 bridgehead atoms. The average molecular weight is 349 g/mol. The number of aryl methyl sites for hydroxylation is 1. The quantitative estimate of drug-likeness (QED) is 0.890. The van der Waals surface area contributed by atoms with Gasteiger partial charge < -0.3 is 15.5 Å². The van der Waals surface area contributed by atoms with Crippen LogP contribution >= 0.6 is 0 Å². The summed E-state index contributed by atoms with van der Waals surface area (Å²) in [5.41, 5.74) is 3.85. The molecular weight excluding hydrogens is 326 g/mol. The molecule has 0 aromatic heterocycles. The smallest absolute Gasteiger partial charge is 0.249 e. The number of hydrogen-bond acceptors (Lipinski definition) is 3. The standard InChI is InChI=1S/C21H23N3O2/c25-19-11-8-16-14-17(9-10-18(16)23-19)22-20(15-6-2-1-3-7-15)21(26)24-12-4-5-13-24/h1-3,6-7,9-10,14,20,22H,4-5,8,11-13H2,(H,23,25)/t20-/m0/s1. The van der Waals surface area contributed by atoms with E-state index in [4.69, 9.17) is 0 Å². The zero-order valence-corrected chi connectivity index (χ0v) is 14.7. The molecule has 1 atom stereocenters. The van der Waals surface area contributed by atoms with Crippen molar-refractivity contribution in [2.75, 3.05) is 23.7 Å². The van der Waals surface area contributed by atoms with Crippen LogP contribution in [0.25, 0.3) is 0 Å². The summed E-state index contributed by atoms with van der Waals surface area (Å²) < 4.78 is 0. The van der Waals surface area contributed by atoms with Crippen molar-refractivity contribution in [2.45, 2.75) is 31.7 Å². The highest BCUT2D eigenvalue weighted by atomic mass is 16.2. The first-order valence-corrected chi connectivity index (χ1v) is 9.24. The lowest BCUT2D eigenvalue weighted by atomic mass is 10.0. The van der Waals surface area contributed by atoms with E-state index in [9.17, 15) is 9.59 Å². The number of anilines is 2. The number of nitrogens with one attached hydrogen (secondary N) is 2. The molecule has 4 rings (SSSR count). The van der Waals surface area contributed by atoms with Gasteiger partial charge in [0.1, 0.15) is 6.04 Å². The molecule has 2 aliphatic rings. The van der Waals surface area contributed by atoms with E-state index in [0.717, 1.165) is 54.9 Å². The van der Waals surface area contributed by atoms with Gasteiger partial charge in [0.05, 0.1) is 0 Å². The monoisotopic (exact) mass is 349 g/mol. The fourth-order valence-electron chi connectivity index (χ4n) is 3.69. The number of benzene rings is 2. The van der Waals surface area contributed by atoms with Crippen LogP contribution in [-0.2, 0) is 16.0 Å². The van der Waals surface area contributed by atoms with E-state index >= 15 is 0 Å². The summed E-state index contributed by atoms with van der Waals surface area (Å²) in [5.74, 6) is 0.185. The fourth-order valence-corrected chi connectivity index (χ4v) is 3.69.